The van der Waals surface area contributed by atoms with Gasteiger partial charge in [0.25, 0.3) is 0 Å². The lowest BCUT2D eigenvalue weighted by Gasteiger charge is -2.10. The molecule has 0 unspecified atom stereocenters. The highest BCUT2D eigenvalue weighted by atomic mass is 127. The number of aromatic nitrogens is 1. The lowest BCUT2D eigenvalue weighted by Crippen LogP contribution is -2.01. The minimum atomic E-state index is -0.983. The molecule has 1 aromatic heterocycles. The molecule has 0 fully saturated rings. The van der Waals surface area contributed by atoms with Crippen molar-refractivity contribution in [1.82, 2.24) is 4.98 Å². The fourth-order valence-corrected chi connectivity index (χ4v) is 2.09. The molecule has 0 saturated carbocycles. The summed E-state index contributed by atoms with van der Waals surface area (Å²) in [6.45, 7) is 0.264. The average Bonchev–Trinajstić information content (AvgIpc) is 2.39. The summed E-state index contributed by atoms with van der Waals surface area (Å²) < 4.78 is 6.45. The Morgan fingerprint density at radius 2 is 2.21 bits per heavy atom. The van der Waals surface area contributed by atoms with E-state index in [1.54, 1.807) is 24.5 Å². The van der Waals surface area contributed by atoms with E-state index in [4.69, 9.17) is 21.4 Å². The second-order valence-corrected chi connectivity index (χ2v) is 5.28. The normalized spacial score (nSPS) is 10.2. The fraction of sp³-hybridized carbons (Fsp3) is 0.0769. The number of rotatable bonds is 4. The minimum absolute atomic E-state index is 0.191. The molecule has 0 aliphatic rings. The second-order valence-electron chi connectivity index (χ2n) is 3.71. The molecule has 0 spiro atoms. The zero-order chi connectivity index (χ0) is 13.8. The van der Waals surface area contributed by atoms with E-state index in [2.05, 4.69) is 27.6 Å². The summed E-state index contributed by atoms with van der Waals surface area (Å²) in [7, 11) is 0. The van der Waals surface area contributed by atoms with Crippen LogP contribution >= 0.6 is 34.2 Å². The van der Waals surface area contributed by atoms with Gasteiger partial charge in [0.2, 0.25) is 0 Å². The number of nitrogens with zero attached hydrogens (tertiary/aromatic N) is 1. The first-order valence-corrected chi connectivity index (χ1v) is 6.77. The molecule has 1 aromatic carbocycles. The number of pyridine rings is 1. The smallest absolute Gasteiger partial charge is 0.335 e. The Bertz CT molecular complexity index is 619. The average molecular weight is 390 g/mol. The van der Waals surface area contributed by atoms with Crippen LogP contribution in [-0.2, 0) is 6.61 Å². The summed E-state index contributed by atoms with van der Waals surface area (Å²) in [5.74, 6) is -0.462. The van der Waals surface area contributed by atoms with E-state index >= 15 is 0 Å². The van der Waals surface area contributed by atoms with Crippen LogP contribution in [-0.4, -0.2) is 16.1 Å². The molecule has 0 atom stereocenters. The van der Waals surface area contributed by atoms with E-state index in [-0.39, 0.29) is 12.2 Å². The molecule has 2 rings (SSSR count). The monoisotopic (exact) mass is 389 g/mol. The van der Waals surface area contributed by atoms with Gasteiger partial charge >= 0.3 is 5.97 Å². The van der Waals surface area contributed by atoms with Crippen molar-refractivity contribution in [2.45, 2.75) is 6.61 Å². The van der Waals surface area contributed by atoms with Gasteiger partial charge in [0, 0.05) is 18.0 Å². The molecule has 1 heterocycles. The fourth-order valence-electron chi connectivity index (χ4n) is 1.42. The van der Waals surface area contributed by atoms with Crippen LogP contribution in [0.25, 0.3) is 0 Å². The predicted molar refractivity (Wildman–Crippen MR) is 79.7 cm³/mol. The third-order valence-electron chi connectivity index (χ3n) is 2.42. The number of aromatic carboxylic acids is 1. The Kier molecular flexibility index (Phi) is 4.60. The molecule has 19 heavy (non-hydrogen) atoms. The number of carbonyl (C=O) groups is 1. The van der Waals surface area contributed by atoms with Crippen LogP contribution in [0.1, 0.15) is 15.9 Å². The van der Waals surface area contributed by atoms with Crippen molar-refractivity contribution in [3.05, 3.63) is 56.4 Å². The molecule has 0 amide bonds. The number of hydrogen-bond donors (Lipinski definition) is 1. The van der Waals surface area contributed by atoms with Gasteiger partial charge in [0.05, 0.1) is 14.2 Å². The van der Waals surface area contributed by atoms with Gasteiger partial charge in [-0.25, -0.2) is 4.79 Å². The number of benzene rings is 1. The molecule has 6 heteroatoms. The molecule has 0 saturated heterocycles. The van der Waals surface area contributed by atoms with Crippen molar-refractivity contribution in [2.24, 2.45) is 0 Å². The van der Waals surface area contributed by atoms with Gasteiger partial charge in [-0.3, -0.25) is 4.98 Å². The topological polar surface area (TPSA) is 59.4 Å². The number of carboxylic acid groups (broad SMARTS) is 1. The lowest BCUT2D eigenvalue weighted by molar-refractivity contribution is 0.0696. The highest BCUT2D eigenvalue weighted by Gasteiger charge is 2.09. The van der Waals surface area contributed by atoms with Crippen LogP contribution in [0.3, 0.4) is 0 Å². The van der Waals surface area contributed by atoms with E-state index < -0.39 is 5.97 Å². The summed E-state index contributed by atoms with van der Waals surface area (Å²) in [5.41, 5.74) is 0.990. The van der Waals surface area contributed by atoms with Crippen molar-refractivity contribution < 1.29 is 14.6 Å². The molecule has 4 nitrogen and oxygen atoms in total. The first-order valence-electron chi connectivity index (χ1n) is 5.32. The Morgan fingerprint density at radius 3 is 2.89 bits per heavy atom. The van der Waals surface area contributed by atoms with Gasteiger partial charge in [-0.2, -0.15) is 0 Å². The molecular weight excluding hydrogens is 381 g/mol. The summed E-state index contributed by atoms with van der Waals surface area (Å²) in [4.78, 5) is 14.8. The minimum Gasteiger partial charge on any atom is -0.488 e. The number of halogens is 2. The van der Waals surface area contributed by atoms with Crippen LogP contribution in [0.4, 0.5) is 0 Å². The van der Waals surface area contributed by atoms with Gasteiger partial charge < -0.3 is 9.84 Å². The molecule has 0 aliphatic heterocycles. The lowest BCUT2D eigenvalue weighted by atomic mass is 10.2. The predicted octanol–water partition coefficient (Wildman–Crippen LogP) is 3.62. The molecular formula is C13H9ClINO3. The SMILES string of the molecule is O=C(O)c1ccc(I)c(OCc2ccncc2Cl)c1. The molecule has 0 radical (unpaired) electrons. The summed E-state index contributed by atoms with van der Waals surface area (Å²) in [5, 5.41) is 9.46. The zero-order valence-corrected chi connectivity index (χ0v) is 12.6. The van der Waals surface area contributed by atoms with Gasteiger partial charge in [-0.15, -0.1) is 0 Å². The van der Waals surface area contributed by atoms with Crippen LogP contribution in [0.15, 0.2) is 36.7 Å². The quantitative estimate of drug-likeness (QED) is 0.812. The maximum absolute atomic E-state index is 10.9. The molecule has 1 N–H and O–H groups in total. The maximum atomic E-state index is 10.9. The van der Waals surface area contributed by atoms with Gasteiger partial charge in [-0.05, 0) is 46.9 Å². The van der Waals surface area contributed by atoms with E-state index in [9.17, 15) is 4.79 Å². The van der Waals surface area contributed by atoms with Gasteiger partial charge in [-0.1, -0.05) is 11.6 Å². The molecule has 98 valence electrons. The number of hydrogen-bond acceptors (Lipinski definition) is 3. The van der Waals surface area contributed by atoms with Crippen molar-refractivity contribution in [3.8, 4) is 5.75 Å². The van der Waals surface area contributed by atoms with Crippen molar-refractivity contribution in [2.75, 3.05) is 0 Å². The maximum Gasteiger partial charge on any atom is 0.335 e. The first kappa shape index (κ1) is 14.1. The van der Waals surface area contributed by atoms with Gasteiger partial charge in [0.1, 0.15) is 12.4 Å². The largest absolute Gasteiger partial charge is 0.488 e. The molecule has 0 bridgehead atoms. The molecule has 2 aromatic rings. The van der Waals surface area contributed by atoms with Crippen molar-refractivity contribution in [1.29, 1.82) is 0 Å². The highest BCUT2D eigenvalue weighted by Crippen LogP contribution is 2.24. The highest BCUT2D eigenvalue weighted by molar-refractivity contribution is 14.1. The van der Waals surface area contributed by atoms with E-state index in [1.165, 1.54) is 12.1 Å². The van der Waals surface area contributed by atoms with Gasteiger partial charge in [0.15, 0.2) is 0 Å². The Hall–Kier alpha value is -1.34. The second kappa shape index (κ2) is 6.21. The number of carboxylic acids is 1. The Labute approximate surface area is 128 Å². The van der Waals surface area contributed by atoms with Crippen molar-refractivity contribution >= 4 is 40.2 Å². The van der Waals surface area contributed by atoms with Crippen LogP contribution < -0.4 is 4.74 Å². The summed E-state index contributed by atoms with van der Waals surface area (Å²) in [6.07, 6.45) is 3.17. The third-order valence-corrected chi connectivity index (χ3v) is 3.65. The van der Waals surface area contributed by atoms with Crippen molar-refractivity contribution in [3.63, 3.8) is 0 Å². The number of ether oxygens (including phenoxy) is 1. The van der Waals surface area contributed by atoms with Crippen LogP contribution in [0.2, 0.25) is 5.02 Å². The third kappa shape index (κ3) is 3.57. The Balaban J connectivity index is 2.17. The first-order chi connectivity index (χ1) is 9.08. The van der Waals surface area contributed by atoms with Crippen LogP contribution in [0.5, 0.6) is 5.75 Å². The van der Waals surface area contributed by atoms with E-state index in [0.717, 1.165) is 9.13 Å². The summed E-state index contributed by atoms with van der Waals surface area (Å²) in [6, 6.07) is 6.50. The Morgan fingerprint density at radius 1 is 1.42 bits per heavy atom. The van der Waals surface area contributed by atoms with E-state index in [1.807, 2.05) is 0 Å². The van der Waals surface area contributed by atoms with Crippen LogP contribution in [0, 0.1) is 3.57 Å². The zero-order valence-electron chi connectivity index (χ0n) is 9.64. The molecule has 0 aliphatic carbocycles. The van der Waals surface area contributed by atoms with E-state index in [0.29, 0.717) is 10.8 Å². The standard InChI is InChI=1S/C13H9ClINO3/c14-10-6-16-4-3-9(10)7-19-12-5-8(13(17)18)1-2-11(12)15/h1-6H,7H2,(H,17,18). The summed E-state index contributed by atoms with van der Waals surface area (Å²) >= 11 is 8.06.